The van der Waals surface area contributed by atoms with Gasteiger partial charge >= 0.3 is 0 Å². The molecule has 0 amide bonds. The van der Waals surface area contributed by atoms with E-state index in [-0.39, 0.29) is 40.4 Å². The molecule has 2 heterocycles. The van der Waals surface area contributed by atoms with Crippen molar-refractivity contribution in [3.05, 3.63) is 40.4 Å². The molecule has 0 saturated heterocycles. The fraction of sp³-hybridized carbons (Fsp3) is 0. The number of halogens is 8. The lowest BCUT2D eigenvalue weighted by Crippen LogP contribution is -1.88. The van der Waals surface area contributed by atoms with Crippen LogP contribution < -0.4 is 0 Å². The van der Waals surface area contributed by atoms with Gasteiger partial charge in [0.2, 0.25) is 0 Å². The smallest absolute Gasteiger partial charge is 0.150 e. The fourth-order valence-electron chi connectivity index (χ4n) is 1.13. The van der Waals surface area contributed by atoms with E-state index in [1.807, 2.05) is 0 Å². The predicted octanol–water partition coefficient (Wildman–Crippen LogP) is 8.50. The SMILES string of the molecule is Clc1nc(SSc2nc(Cl)c(Cl)c(Cl)c2Cl)c(Cl)c(Cl)c1Cl. The Balaban J connectivity index is 2.32. The van der Waals surface area contributed by atoms with E-state index in [1.54, 1.807) is 0 Å². The van der Waals surface area contributed by atoms with Gasteiger partial charge in [-0.05, 0) is 21.6 Å². The van der Waals surface area contributed by atoms with Crippen molar-refractivity contribution in [2.45, 2.75) is 10.1 Å². The van der Waals surface area contributed by atoms with Crippen molar-refractivity contribution in [3.63, 3.8) is 0 Å². The Morgan fingerprint density at radius 2 is 0.773 bits per heavy atom. The minimum Gasteiger partial charge on any atom is -0.226 e. The third-order valence-corrected chi connectivity index (χ3v) is 7.87. The second-order valence-corrected chi connectivity index (χ2v) is 8.56. The molecule has 2 rings (SSSR count). The molecular weight excluding hydrogens is 496 g/mol. The topological polar surface area (TPSA) is 25.8 Å². The van der Waals surface area contributed by atoms with Gasteiger partial charge in [0.15, 0.2) is 10.3 Å². The Morgan fingerprint density at radius 1 is 0.455 bits per heavy atom. The van der Waals surface area contributed by atoms with Crippen molar-refractivity contribution >= 4 is 114 Å². The van der Waals surface area contributed by atoms with Gasteiger partial charge in [-0.15, -0.1) is 0 Å². The number of hydrogen-bond acceptors (Lipinski definition) is 4. The van der Waals surface area contributed by atoms with Crippen LogP contribution in [0, 0.1) is 0 Å². The van der Waals surface area contributed by atoms with Crippen molar-refractivity contribution in [3.8, 4) is 0 Å². The van der Waals surface area contributed by atoms with Crippen molar-refractivity contribution in [1.29, 1.82) is 0 Å². The van der Waals surface area contributed by atoms with Crippen LogP contribution in [-0.4, -0.2) is 9.97 Å². The molecule has 0 aliphatic heterocycles. The van der Waals surface area contributed by atoms with Gasteiger partial charge < -0.3 is 0 Å². The molecule has 0 fully saturated rings. The maximum Gasteiger partial charge on any atom is 0.150 e. The maximum absolute atomic E-state index is 6.07. The summed E-state index contributed by atoms with van der Waals surface area (Å²) >= 11 is 47.5. The molecule has 0 atom stereocenters. The van der Waals surface area contributed by atoms with Gasteiger partial charge in [0.1, 0.15) is 10.1 Å². The summed E-state index contributed by atoms with van der Waals surface area (Å²) in [5.74, 6) is 0. The summed E-state index contributed by atoms with van der Waals surface area (Å²) in [4.78, 5) is 8.07. The minimum absolute atomic E-state index is 0.0328. The molecule has 0 aliphatic rings. The summed E-state index contributed by atoms with van der Waals surface area (Å²) < 4.78 is 0. The molecule has 0 radical (unpaired) electrons. The molecule has 0 aromatic carbocycles. The first-order chi connectivity index (χ1) is 10.2. The van der Waals surface area contributed by atoms with Gasteiger partial charge in [0.25, 0.3) is 0 Å². The van der Waals surface area contributed by atoms with Crippen LogP contribution in [-0.2, 0) is 0 Å². The van der Waals surface area contributed by atoms with E-state index in [1.165, 1.54) is 0 Å². The second-order valence-electron chi connectivity index (χ2n) is 3.47. The van der Waals surface area contributed by atoms with E-state index in [0.29, 0.717) is 10.1 Å². The molecule has 2 nitrogen and oxygen atoms in total. The largest absolute Gasteiger partial charge is 0.226 e. The maximum atomic E-state index is 6.07. The normalized spacial score (nSPS) is 11.1. The zero-order valence-electron chi connectivity index (χ0n) is 9.73. The van der Waals surface area contributed by atoms with Crippen LogP contribution in [0.3, 0.4) is 0 Å². The minimum atomic E-state index is 0.0328. The number of nitrogens with zero attached hydrogens (tertiary/aromatic N) is 2. The summed E-state index contributed by atoms with van der Waals surface area (Å²) in [6.07, 6.45) is 0. The van der Waals surface area contributed by atoms with E-state index < -0.39 is 0 Å². The average Bonchev–Trinajstić information content (AvgIpc) is 2.49. The van der Waals surface area contributed by atoms with Crippen molar-refractivity contribution < 1.29 is 0 Å². The highest BCUT2D eigenvalue weighted by Gasteiger charge is 2.19. The highest BCUT2D eigenvalue weighted by atomic mass is 35.5. The lowest BCUT2D eigenvalue weighted by Gasteiger charge is -2.09. The third-order valence-electron chi connectivity index (χ3n) is 2.11. The highest BCUT2D eigenvalue weighted by Crippen LogP contribution is 2.48. The van der Waals surface area contributed by atoms with Gasteiger partial charge in [0, 0.05) is 0 Å². The summed E-state index contributed by atoms with van der Waals surface area (Å²) in [6.45, 7) is 0. The summed E-state index contributed by atoms with van der Waals surface area (Å²) in [5, 5.41) is 1.45. The Morgan fingerprint density at radius 3 is 1.09 bits per heavy atom. The van der Waals surface area contributed by atoms with Crippen LogP contribution in [0.1, 0.15) is 0 Å². The van der Waals surface area contributed by atoms with Crippen LogP contribution in [0.2, 0.25) is 40.4 Å². The summed E-state index contributed by atoms with van der Waals surface area (Å²) in [5.41, 5.74) is 0. The van der Waals surface area contributed by atoms with Crippen LogP contribution in [0.4, 0.5) is 0 Å². The van der Waals surface area contributed by atoms with Gasteiger partial charge in [-0.2, -0.15) is 0 Å². The first-order valence-corrected chi connectivity index (χ1v) is 10.2. The zero-order valence-corrected chi connectivity index (χ0v) is 17.4. The average molecular weight is 496 g/mol. The van der Waals surface area contributed by atoms with E-state index in [9.17, 15) is 0 Å². The van der Waals surface area contributed by atoms with E-state index in [0.717, 1.165) is 21.6 Å². The van der Waals surface area contributed by atoms with Crippen molar-refractivity contribution in [1.82, 2.24) is 9.97 Å². The standard InChI is InChI=1S/C10Cl8N2S2/c11-1-3(13)7(17)19-9(5(1)15)21-22-10-6(16)2(12)4(14)8(18)20-10. The molecule has 118 valence electrons. The van der Waals surface area contributed by atoms with Gasteiger partial charge in [-0.25, -0.2) is 9.97 Å². The molecule has 0 spiro atoms. The van der Waals surface area contributed by atoms with Gasteiger partial charge in [-0.1, -0.05) is 92.8 Å². The Labute approximate surface area is 173 Å². The highest BCUT2D eigenvalue weighted by molar-refractivity contribution is 8.76. The lowest BCUT2D eigenvalue weighted by molar-refractivity contribution is 1.14. The zero-order chi connectivity index (χ0) is 16.6. The van der Waals surface area contributed by atoms with Gasteiger partial charge in [-0.3, -0.25) is 0 Å². The fourth-order valence-corrected chi connectivity index (χ4v) is 5.26. The molecule has 0 unspecified atom stereocenters. The quantitative estimate of drug-likeness (QED) is 0.315. The molecule has 0 aliphatic carbocycles. The Kier molecular flexibility index (Phi) is 7.26. The first-order valence-electron chi connectivity index (χ1n) is 4.98. The van der Waals surface area contributed by atoms with Crippen LogP contribution in [0.15, 0.2) is 10.1 Å². The molecule has 2 aromatic rings. The number of pyridine rings is 2. The monoisotopic (exact) mass is 492 g/mol. The van der Waals surface area contributed by atoms with Crippen molar-refractivity contribution in [2.24, 2.45) is 0 Å². The first kappa shape index (κ1) is 19.6. The molecule has 0 saturated carbocycles. The molecular formula is C10Cl8N2S2. The Bertz CT molecular complexity index is 691. The van der Waals surface area contributed by atoms with E-state index in [4.69, 9.17) is 92.8 Å². The number of rotatable bonds is 3. The second kappa shape index (κ2) is 8.13. The lowest BCUT2D eigenvalue weighted by atomic mass is 10.5. The van der Waals surface area contributed by atoms with Crippen LogP contribution in [0.25, 0.3) is 0 Å². The number of hydrogen-bond donors (Lipinski definition) is 0. The number of aromatic nitrogens is 2. The van der Waals surface area contributed by atoms with Gasteiger partial charge in [0.05, 0.1) is 30.1 Å². The van der Waals surface area contributed by atoms with E-state index in [2.05, 4.69) is 9.97 Å². The van der Waals surface area contributed by atoms with E-state index >= 15 is 0 Å². The van der Waals surface area contributed by atoms with Crippen LogP contribution in [0.5, 0.6) is 0 Å². The Hall–Kier alpha value is 1.32. The molecule has 2 aromatic heterocycles. The predicted molar refractivity (Wildman–Crippen MR) is 100 cm³/mol. The van der Waals surface area contributed by atoms with Crippen LogP contribution >= 0.6 is 114 Å². The molecule has 0 N–H and O–H groups in total. The summed E-state index contributed by atoms with van der Waals surface area (Å²) in [6, 6.07) is 0. The van der Waals surface area contributed by atoms with Crippen molar-refractivity contribution in [2.75, 3.05) is 0 Å². The molecule has 12 heteroatoms. The summed E-state index contributed by atoms with van der Waals surface area (Å²) in [7, 11) is 2.23. The third kappa shape index (κ3) is 4.10. The molecule has 22 heavy (non-hydrogen) atoms. The molecule has 0 bridgehead atoms.